The van der Waals surface area contributed by atoms with Crippen LogP contribution in [-0.2, 0) is 4.79 Å². The molecular formula is C16H23NO2. The van der Waals surface area contributed by atoms with Gasteiger partial charge in [0.25, 0.3) is 0 Å². The van der Waals surface area contributed by atoms with E-state index in [2.05, 4.69) is 5.32 Å². The molecule has 0 spiro atoms. The normalized spacial score (nSPS) is 11.8. The molecule has 3 heteroatoms. The Morgan fingerprint density at radius 2 is 1.84 bits per heavy atom. The third-order valence-electron chi connectivity index (χ3n) is 3.55. The number of aryl methyl sites for hydroxylation is 1. The summed E-state index contributed by atoms with van der Waals surface area (Å²) in [5.41, 5.74) is 1.68. The van der Waals surface area contributed by atoms with Gasteiger partial charge in [-0.15, -0.1) is 0 Å². The van der Waals surface area contributed by atoms with Gasteiger partial charge in [0.2, 0.25) is 5.91 Å². The third kappa shape index (κ3) is 4.52. The van der Waals surface area contributed by atoms with Crippen molar-refractivity contribution in [3.63, 3.8) is 0 Å². The van der Waals surface area contributed by atoms with Gasteiger partial charge in [0.05, 0.1) is 12.1 Å². The molecule has 1 aromatic carbocycles. The smallest absolute Gasteiger partial charge is 0.244 e. The van der Waals surface area contributed by atoms with Crippen LogP contribution in [0, 0.1) is 6.92 Å². The van der Waals surface area contributed by atoms with Crippen LogP contribution in [0.15, 0.2) is 30.3 Å². The van der Waals surface area contributed by atoms with Crippen LogP contribution in [-0.4, -0.2) is 23.2 Å². The maximum absolute atomic E-state index is 11.9. The number of hydrogen-bond acceptors (Lipinski definition) is 2. The molecule has 0 aliphatic heterocycles. The average Bonchev–Trinajstić information content (AvgIpc) is 2.44. The Balaban J connectivity index is 2.66. The van der Waals surface area contributed by atoms with Gasteiger partial charge in [-0.3, -0.25) is 4.79 Å². The van der Waals surface area contributed by atoms with Crippen LogP contribution >= 0.6 is 0 Å². The molecule has 0 atom stereocenters. The molecule has 104 valence electrons. The average molecular weight is 261 g/mol. The minimum atomic E-state index is -0.505. The largest absolute Gasteiger partial charge is 0.394 e. The Morgan fingerprint density at radius 1 is 1.26 bits per heavy atom. The van der Waals surface area contributed by atoms with Crippen molar-refractivity contribution >= 4 is 12.0 Å². The summed E-state index contributed by atoms with van der Waals surface area (Å²) in [4.78, 5) is 11.9. The van der Waals surface area contributed by atoms with E-state index in [0.29, 0.717) is 12.8 Å². The maximum Gasteiger partial charge on any atom is 0.244 e. The highest BCUT2D eigenvalue weighted by Crippen LogP contribution is 2.14. The lowest BCUT2D eigenvalue weighted by Crippen LogP contribution is -2.49. The zero-order chi connectivity index (χ0) is 14.3. The zero-order valence-corrected chi connectivity index (χ0v) is 11.9. The number of carbonyl (C=O) groups excluding carboxylic acids is 1. The van der Waals surface area contributed by atoms with Gasteiger partial charge in [0.1, 0.15) is 0 Å². The van der Waals surface area contributed by atoms with Crippen molar-refractivity contribution in [2.75, 3.05) is 6.61 Å². The lowest BCUT2D eigenvalue weighted by Gasteiger charge is -2.30. The number of aliphatic hydroxyl groups excluding tert-OH is 1. The summed E-state index contributed by atoms with van der Waals surface area (Å²) in [7, 11) is 0. The first-order valence-corrected chi connectivity index (χ1v) is 6.73. The molecule has 1 aromatic rings. The van der Waals surface area contributed by atoms with Gasteiger partial charge in [-0.25, -0.2) is 0 Å². The Labute approximate surface area is 115 Å². The molecule has 0 unspecified atom stereocenters. The van der Waals surface area contributed by atoms with Crippen LogP contribution in [0.4, 0.5) is 0 Å². The van der Waals surface area contributed by atoms with Gasteiger partial charge in [0.15, 0.2) is 0 Å². The van der Waals surface area contributed by atoms with E-state index in [9.17, 15) is 9.90 Å². The van der Waals surface area contributed by atoms with Crippen molar-refractivity contribution in [2.24, 2.45) is 0 Å². The van der Waals surface area contributed by atoms with Gasteiger partial charge < -0.3 is 10.4 Å². The second-order valence-corrected chi connectivity index (χ2v) is 4.88. The number of aliphatic hydroxyl groups is 1. The standard InChI is InChI=1S/C16H23NO2/c1-4-16(5-2,12-18)17-15(19)11-10-14-8-6-13(3)7-9-14/h6-11,18H,4-5,12H2,1-3H3,(H,17,19)/b11-10+. The molecule has 19 heavy (non-hydrogen) atoms. The van der Waals surface area contributed by atoms with Crippen LogP contribution in [0.25, 0.3) is 6.08 Å². The molecule has 3 nitrogen and oxygen atoms in total. The zero-order valence-electron chi connectivity index (χ0n) is 11.9. The maximum atomic E-state index is 11.9. The molecule has 0 aromatic heterocycles. The fourth-order valence-electron chi connectivity index (χ4n) is 1.84. The Hall–Kier alpha value is -1.61. The molecule has 0 radical (unpaired) electrons. The highest BCUT2D eigenvalue weighted by Gasteiger charge is 2.26. The lowest BCUT2D eigenvalue weighted by atomic mass is 9.94. The summed E-state index contributed by atoms with van der Waals surface area (Å²) < 4.78 is 0. The van der Waals surface area contributed by atoms with Crippen LogP contribution < -0.4 is 5.32 Å². The molecule has 0 aliphatic carbocycles. The summed E-state index contributed by atoms with van der Waals surface area (Å²) in [6.07, 6.45) is 4.72. The number of hydrogen-bond donors (Lipinski definition) is 2. The van der Waals surface area contributed by atoms with E-state index in [1.54, 1.807) is 6.08 Å². The van der Waals surface area contributed by atoms with Gasteiger partial charge in [-0.05, 0) is 31.4 Å². The lowest BCUT2D eigenvalue weighted by molar-refractivity contribution is -0.119. The van der Waals surface area contributed by atoms with E-state index < -0.39 is 5.54 Å². The van der Waals surface area contributed by atoms with E-state index in [4.69, 9.17) is 0 Å². The summed E-state index contributed by atoms with van der Waals surface area (Å²) >= 11 is 0. The van der Waals surface area contributed by atoms with Crippen LogP contribution in [0.1, 0.15) is 37.8 Å². The topological polar surface area (TPSA) is 49.3 Å². The van der Waals surface area contributed by atoms with Crippen molar-refractivity contribution in [1.29, 1.82) is 0 Å². The second kappa shape index (κ2) is 7.10. The fourth-order valence-corrected chi connectivity index (χ4v) is 1.84. The monoisotopic (exact) mass is 261 g/mol. The number of carbonyl (C=O) groups is 1. The SMILES string of the molecule is CCC(CC)(CO)NC(=O)/C=C/c1ccc(C)cc1. The number of benzene rings is 1. The van der Waals surface area contributed by atoms with Gasteiger partial charge in [-0.1, -0.05) is 43.7 Å². The summed E-state index contributed by atoms with van der Waals surface area (Å²) in [5, 5.41) is 12.3. The first-order chi connectivity index (χ1) is 9.05. The van der Waals surface area contributed by atoms with Crippen molar-refractivity contribution in [3.05, 3.63) is 41.5 Å². The summed E-state index contributed by atoms with van der Waals surface area (Å²) in [6.45, 7) is 5.91. The van der Waals surface area contributed by atoms with Gasteiger partial charge >= 0.3 is 0 Å². The molecule has 0 saturated heterocycles. The first-order valence-electron chi connectivity index (χ1n) is 6.73. The van der Waals surface area contributed by atoms with E-state index in [1.165, 1.54) is 11.6 Å². The van der Waals surface area contributed by atoms with Crippen molar-refractivity contribution in [2.45, 2.75) is 39.2 Å². The number of nitrogens with one attached hydrogen (secondary N) is 1. The Kier molecular flexibility index (Phi) is 5.77. The predicted octanol–water partition coefficient (Wildman–Crippen LogP) is 2.68. The molecule has 2 N–H and O–H groups in total. The molecule has 1 rings (SSSR count). The summed E-state index contributed by atoms with van der Waals surface area (Å²) in [5.74, 6) is -0.168. The van der Waals surface area contributed by atoms with Gasteiger partial charge in [-0.2, -0.15) is 0 Å². The fraction of sp³-hybridized carbons (Fsp3) is 0.438. The minimum absolute atomic E-state index is 0.0376. The molecule has 0 saturated carbocycles. The highest BCUT2D eigenvalue weighted by atomic mass is 16.3. The molecule has 0 heterocycles. The Morgan fingerprint density at radius 3 is 2.32 bits per heavy atom. The quantitative estimate of drug-likeness (QED) is 0.773. The molecule has 0 aliphatic rings. The first kappa shape index (κ1) is 15.4. The molecule has 1 amide bonds. The van der Waals surface area contributed by atoms with Crippen molar-refractivity contribution < 1.29 is 9.90 Å². The van der Waals surface area contributed by atoms with E-state index in [1.807, 2.05) is 45.0 Å². The predicted molar refractivity (Wildman–Crippen MR) is 78.8 cm³/mol. The van der Waals surface area contributed by atoms with E-state index in [-0.39, 0.29) is 12.5 Å². The van der Waals surface area contributed by atoms with Crippen LogP contribution in [0.5, 0.6) is 0 Å². The van der Waals surface area contributed by atoms with Crippen molar-refractivity contribution in [1.82, 2.24) is 5.32 Å². The number of rotatable bonds is 6. The summed E-state index contributed by atoms with van der Waals surface area (Å²) in [6, 6.07) is 7.96. The second-order valence-electron chi connectivity index (χ2n) is 4.88. The van der Waals surface area contributed by atoms with E-state index in [0.717, 1.165) is 5.56 Å². The molecule has 0 bridgehead atoms. The Bertz CT molecular complexity index is 422. The highest BCUT2D eigenvalue weighted by molar-refractivity contribution is 5.92. The van der Waals surface area contributed by atoms with Crippen LogP contribution in [0.2, 0.25) is 0 Å². The minimum Gasteiger partial charge on any atom is -0.394 e. The number of amides is 1. The molecular weight excluding hydrogens is 238 g/mol. The third-order valence-corrected chi connectivity index (χ3v) is 3.55. The van der Waals surface area contributed by atoms with Crippen molar-refractivity contribution in [3.8, 4) is 0 Å². The van der Waals surface area contributed by atoms with Crippen LogP contribution in [0.3, 0.4) is 0 Å². The van der Waals surface area contributed by atoms with E-state index >= 15 is 0 Å². The molecule has 0 fully saturated rings. The van der Waals surface area contributed by atoms with Gasteiger partial charge in [0, 0.05) is 6.08 Å².